The van der Waals surface area contributed by atoms with E-state index in [0.717, 1.165) is 31.2 Å². The van der Waals surface area contributed by atoms with Crippen LogP contribution < -0.4 is 15.8 Å². The summed E-state index contributed by atoms with van der Waals surface area (Å²) in [6.45, 7) is 1.15. The van der Waals surface area contributed by atoms with Gasteiger partial charge in [0.15, 0.2) is 0 Å². The summed E-state index contributed by atoms with van der Waals surface area (Å²) in [5.41, 5.74) is 4.86. The highest BCUT2D eigenvalue weighted by molar-refractivity contribution is 7.79. The molecule has 2 rings (SSSR count). The van der Waals surface area contributed by atoms with Gasteiger partial charge in [-0.15, -0.1) is 24.5 Å². The number of nitrogens with two attached hydrogens (primary N) is 1. The molecule has 152 valence electrons. The number of alkyl halides is 3. The van der Waals surface area contributed by atoms with E-state index < -0.39 is 51.6 Å². The predicted octanol–water partition coefficient (Wildman–Crippen LogP) is 1.97. The number of hydrogen-bond donors (Lipinski definition) is 3. The average Bonchev–Trinajstić information content (AvgIpc) is 2.93. The number of carbonyl (C=O) groups is 2. The van der Waals surface area contributed by atoms with Crippen LogP contribution in [-0.2, 0) is 15.9 Å². The van der Waals surface area contributed by atoms with E-state index in [9.17, 15) is 36.6 Å². The fourth-order valence-corrected chi connectivity index (χ4v) is 4.24. The lowest BCUT2D eigenvalue weighted by Gasteiger charge is -2.11. The summed E-state index contributed by atoms with van der Waals surface area (Å²) in [6.07, 6.45) is -6.35. The Bertz CT molecular complexity index is 925. The molecule has 0 aliphatic heterocycles. The van der Waals surface area contributed by atoms with E-state index in [4.69, 9.17) is 5.73 Å². The second-order valence-electron chi connectivity index (χ2n) is 5.30. The molecule has 8 nitrogen and oxygen atoms in total. The lowest BCUT2D eigenvalue weighted by atomic mass is 10.1. The standard InChI is InChI=1S/C15H13F3N2O6S2/c1-6(21)13(23)20-14-9(12(19)22)11(28(24)25)10(27-14)7-2-4-8(5-3-7)26-15(16,17)18/h2-6,21H,1H3,(H2,19,22)(H,20,23)(H,24,25)/p-1/t6-/m1/s1. The zero-order valence-corrected chi connectivity index (χ0v) is 15.5. The maximum atomic E-state index is 12.3. The summed E-state index contributed by atoms with van der Waals surface area (Å²) < 4.78 is 63.8. The van der Waals surface area contributed by atoms with Crippen LogP contribution in [0.15, 0.2) is 29.2 Å². The van der Waals surface area contributed by atoms with E-state index in [1.807, 2.05) is 0 Å². The topological polar surface area (TPSA) is 142 Å². The molecule has 0 fully saturated rings. The molecule has 0 saturated carbocycles. The highest BCUT2D eigenvalue weighted by Crippen LogP contribution is 2.42. The van der Waals surface area contributed by atoms with Crippen molar-refractivity contribution in [2.45, 2.75) is 24.3 Å². The first-order valence-corrected chi connectivity index (χ1v) is 9.20. The molecular formula is C15H12F3N2O6S2-. The summed E-state index contributed by atoms with van der Waals surface area (Å²) in [6, 6.07) is 4.21. The van der Waals surface area contributed by atoms with Crippen molar-refractivity contribution in [2.75, 3.05) is 5.32 Å². The number of nitrogens with one attached hydrogen (secondary N) is 1. The summed E-state index contributed by atoms with van der Waals surface area (Å²) >= 11 is -2.30. The third kappa shape index (κ3) is 5.07. The van der Waals surface area contributed by atoms with Crippen molar-refractivity contribution in [3.05, 3.63) is 29.8 Å². The minimum Gasteiger partial charge on any atom is -0.768 e. The summed E-state index contributed by atoms with van der Waals surface area (Å²) in [7, 11) is 0. The Morgan fingerprint density at radius 3 is 2.32 bits per heavy atom. The van der Waals surface area contributed by atoms with Crippen LogP contribution in [0.5, 0.6) is 5.75 Å². The van der Waals surface area contributed by atoms with Crippen LogP contribution in [0.3, 0.4) is 0 Å². The Balaban J connectivity index is 2.55. The highest BCUT2D eigenvalue weighted by Gasteiger charge is 2.31. The molecule has 1 unspecified atom stereocenters. The van der Waals surface area contributed by atoms with E-state index in [-0.39, 0.29) is 15.4 Å². The molecule has 2 atom stereocenters. The fourth-order valence-electron chi connectivity index (χ4n) is 2.10. The second kappa shape index (κ2) is 8.26. The SMILES string of the molecule is C[C@@H](O)C(=O)Nc1sc(-c2ccc(OC(F)(F)F)cc2)c(S(=O)[O-])c1C(N)=O. The molecule has 28 heavy (non-hydrogen) atoms. The van der Waals surface area contributed by atoms with Gasteiger partial charge >= 0.3 is 6.36 Å². The molecule has 4 N–H and O–H groups in total. The summed E-state index contributed by atoms with van der Waals surface area (Å²) in [5.74, 6) is -2.59. The number of aliphatic hydroxyl groups excluding tert-OH is 1. The van der Waals surface area contributed by atoms with Crippen molar-refractivity contribution in [3.63, 3.8) is 0 Å². The Hall–Kier alpha value is -2.48. The van der Waals surface area contributed by atoms with E-state index in [2.05, 4.69) is 10.1 Å². The van der Waals surface area contributed by atoms with Crippen LogP contribution in [0.1, 0.15) is 17.3 Å². The zero-order chi connectivity index (χ0) is 21.2. The Morgan fingerprint density at radius 2 is 1.89 bits per heavy atom. The van der Waals surface area contributed by atoms with Gasteiger partial charge in [0.05, 0.1) is 15.3 Å². The average molecular weight is 437 g/mol. The predicted molar refractivity (Wildman–Crippen MR) is 92.5 cm³/mol. The number of primary amides is 1. The van der Waals surface area contributed by atoms with Crippen LogP contribution in [-0.4, -0.2) is 38.1 Å². The van der Waals surface area contributed by atoms with Crippen molar-refractivity contribution < 1.29 is 41.4 Å². The molecule has 1 heterocycles. The van der Waals surface area contributed by atoms with Gasteiger partial charge in [-0.05, 0) is 47.8 Å². The van der Waals surface area contributed by atoms with Crippen LogP contribution in [0.4, 0.5) is 18.2 Å². The minimum absolute atomic E-state index is 0.0402. The van der Waals surface area contributed by atoms with Crippen molar-refractivity contribution in [2.24, 2.45) is 5.73 Å². The monoisotopic (exact) mass is 437 g/mol. The molecule has 0 spiro atoms. The number of ether oxygens (including phenoxy) is 1. The van der Waals surface area contributed by atoms with Crippen molar-refractivity contribution in [1.82, 2.24) is 0 Å². The number of thiophene rings is 1. The lowest BCUT2D eigenvalue weighted by Crippen LogP contribution is -2.25. The molecule has 0 radical (unpaired) electrons. The van der Waals surface area contributed by atoms with Gasteiger partial charge in [-0.25, -0.2) is 0 Å². The smallest absolute Gasteiger partial charge is 0.573 e. The zero-order valence-electron chi connectivity index (χ0n) is 13.9. The summed E-state index contributed by atoms with van der Waals surface area (Å²) in [5, 5.41) is 11.3. The number of aliphatic hydroxyl groups is 1. The van der Waals surface area contributed by atoms with Crippen molar-refractivity contribution in [3.8, 4) is 16.2 Å². The Labute approximate surface area is 162 Å². The third-order valence-corrected chi connectivity index (χ3v) is 5.27. The molecule has 0 bridgehead atoms. The van der Waals surface area contributed by atoms with E-state index >= 15 is 0 Å². The van der Waals surface area contributed by atoms with Gasteiger partial charge in [0.25, 0.3) is 11.8 Å². The van der Waals surface area contributed by atoms with Gasteiger partial charge in [0.1, 0.15) is 16.9 Å². The first-order chi connectivity index (χ1) is 12.9. The first kappa shape index (κ1) is 21.8. The van der Waals surface area contributed by atoms with Crippen LogP contribution in [0.25, 0.3) is 10.4 Å². The lowest BCUT2D eigenvalue weighted by molar-refractivity contribution is -0.274. The van der Waals surface area contributed by atoms with E-state index in [0.29, 0.717) is 11.3 Å². The number of hydrogen-bond acceptors (Lipinski definition) is 7. The quantitative estimate of drug-likeness (QED) is 0.590. The van der Waals surface area contributed by atoms with Gasteiger partial charge in [0, 0.05) is 0 Å². The first-order valence-electron chi connectivity index (χ1n) is 7.31. The second-order valence-corrected chi connectivity index (χ2v) is 7.20. The van der Waals surface area contributed by atoms with E-state index in [1.54, 1.807) is 0 Å². The number of benzene rings is 1. The van der Waals surface area contributed by atoms with Crippen LogP contribution >= 0.6 is 11.3 Å². The highest BCUT2D eigenvalue weighted by atomic mass is 32.2. The van der Waals surface area contributed by atoms with Gasteiger partial charge in [0.2, 0.25) is 0 Å². The van der Waals surface area contributed by atoms with Gasteiger partial charge < -0.3 is 25.4 Å². The van der Waals surface area contributed by atoms with Crippen LogP contribution in [0.2, 0.25) is 0 Å². The molecule has 0 saturated heterocycles. The molecule has 13 heteroatoms. The van der Waals surface area contributed by atoms with Crippen molar-refractivity contribution in [1.29, 1.82) is 0 Å². The third-order valence-electron chi connectivity index (χ3n) is 3.24. The molecule has 2 aromatic rings. The molecule has 1 aromatic heterocycles. The Kier molecular flexibility index (Phi) is 6.44. The molecule has 0 aliphatic carbocycles. The molecule has 0 aliphatic rings. The maximum absolute atomic E-state index is 12.3. The summed E-state index contributed by atoms with van der Waals surface area (Å²) in [4.78, 5) is 22.9. The van der Waals surface area contributed by atoms with Gasteiger partial charge in [-0.1, -0.05) is 0 Å². The van der Waals surface area contributed by atoms with Gasteiger partial charge in [-0.2, -0.15) is 0 Å². The largest absolute Gasteiger partial charge is 0.768 e. The van der Waals surface area contributed by atoms with Crippen molar-refractivity contribution >= 4 is 39.2 Å². The Morgan fingerprint density at radius 1 is 1.32 bits per heavy atom. The fraction of sp³-hybridized carbons (Fsp3) is 0.200. The number of carbonyl (C=O) groups excluding carboxylic acids is 2. The number of amides is 2. The molecular weight excluding hydrogens is 425 g/mol. The van der Waals surface area contributed by atoms with E-state index in [1.165, 1.54) is 0 Å². The van der Waals surface area contributed by atoms with Crippen LogP contribution in [0, 0.1) is 0 Å². The maximum Gasteiger partial charge on any atom is 0.573 e. The normalized spacial score (nSPS) is 13.6. The number of anilines is 1. The molecule has 2 amide bonds. The number of rotatable bonds is 6. The van der Waals surface area contributed by atoms with Gasteiger partial charge in [-0.3, -0.25) is 13.8 Å². The molecule has 1 aromatic carbocycles. The number of halogens is 3. The minimum atomic E-state index is -4.90.